The van der Waals surface area contributed by atoms with Crippen LogP contribution in [0.3, 0.4) is 0 Å². The molecule has 11 heteroatoms. The van der Waals surface area contributed by atoms with Gasteiger partial charge in [-0.05, 0) is 30.3 Å². The lowest BCUT2D eigenvalue weighted by Crippen LogP contribution is -2.39. The molecule has 0 aliphatic carbocycles. The van der Waals surface area contributed by atoms with Gasteiger partial charge in [0.15, 0.2) is 0 Å². The number of carbonyl (C=O) groups excluding carboxylic acids is 4. The van der Waals surface area contributed by atoms with E-state index >= 15 is 0 Å². The highest BCUT2D eigenvalue weighted by Gasteiger charge is 2.35. The molecule has 2 aromatic rings. The zero-order valence-electron chi connectivity index (χ0n) is 15.6. The van der Waals surface area contributed by atoms with Gasteiger partial charge in [-0.25, -0.2) is 17.5 Å². The topological polar surface area (TPSA) is 130 Å². The van der Waals surface area contributed by atoms with Crippen molar-refractivity contribution < 1.29 is 32.0 Å². The van der Waals surface area contributed by atoms with Gasteiger partial charge in [0.2, 0.25) is 15.9 Å². The van der Waals surface area contributed by atoms with E-state index in [4.69, 9.17) is 0 Å². The van der Waals surface area contributed by atoms with E-state index in [0.717, 1.165) is 30.0 Å². The van der Waals surface area contributed by atoms with Gasteiger partial charge in [0.25, 0.3) is 17.7 Å². The van der Waals surface area contributed by atoms with Crippen molar-refractivity contribution >= 4 is 39.3 Å². The Morgan fingerprint density at radius 2 is 1.63 bits per heavy atom. The second-order valence-electron chi connectivity index (χ2n) is 6.43. The van der Waals surface area contributed by atoms with Crippen LogP contribution in [0.1, 0.15) is 38.0 Å². The summed E-state index contributed by atoms with van der Waals surface area (Å²) in [5.74, 6) is -4.35. The summed E-state index contributed by atoms with van der Waals surface area (Å²) in [5.41, 5.74) is -0.121. The monoisotopic (exact) mass is 433 g/mol. The third-order valence-electron chi connectivity index (χ3n) is 4.25. The van der Waals surface area contributed by atoms with Crippen molar-refractivity contribution in [2.24, 2.45) is 0 Å². The molecule has 0 aromatic heterocycles. The van der Waals surface area contributed by atoms with Crippen molar-refractivity contribution in [3.63, 3.8) is 0 Å². The van der Waals surface area contributed by atoms with Crippen molar-refractivity contribution in [1.82, 2.24) is 9.62 Å². The lowest BCUT2D eigenvalue weighted by atomic mass is 10.1. The molecule has 30 heavy (non-hydrogen) atoms. The van der Waals surface area contributed by atoms with Crippen LogP contribution in [0.5, 0.6) is 0 Å². The molecule has 0 saturated carbocycles. The Bertz CT molecular complexity index is 1140. The number of nitrogens with one attached hydrogen (secondary N) is 2. The number of hydrogen-bond donors (Lipinski definition) is 2. The minimum absolute atomic E-state index is 0.181. The zero-order chi connectivity index (χ0) is 22.1. The number of imide groups is 1. The normalized spacial score (nSPS) is 13.2. The molecule has 1 aliphatic heterocycles. The standard InChI is InChI=1S/C19H16FN3O6S/c1-11(24)21-16-10-12(6-7-15(16)20)17(25)22-30(28,29)9-8-23-18(26)13-4-2-3-5-14(13)19(23)27/h2-7,10H,8-9H2,1H3,(H,21,24)(H,22,25). The lowest BCUT2D eigenvalue weighted by Gasteiger charge is -2.14. The van der Waals surface area contributed by atoms with E-state index in [-0.39, 0.29) is 22.4 Å². The van der Waals surface area contributed by atoms with Gasteiger partial charge in [0.05, 0.1) is 22.6 Å². The first-order valence-corrected chi connectivity index (χ1v) is 10.3. The van der Waals surface area contributed by atoms with Crippen LogP contribution in [-0.4, -0.2) is 49.2 Å². The Kier molecular flexibility index (Phi) is 5.65. The Balaban J connectivity index is 1.68. The predicted octanol–water partition coefficient (Wildman–Crippen LogP) is 1.14. The van der Waals surface area contributed by atoms with Gasteiger partial charge in [-0.2, -0.15) is 0 Å². The molecule has 0 fully saturated rings. The van der Waals surface area contributed by atoms with Crippen LogP contribution in [0.2, 0.25) is 0 Å². The van der Waals surface area contributed by atoms with Crippen LogP contribution in [0.15, 0.2) is 42.5 Å². The summed E-state index contributed by atoms with van der Waals surface area (Å²) in [5, 5.41) is 2.19. The van der Waals surface area contributed by atoms with Crippen LogP contribution >= 0.6 is 0 Å². The molecule has 0 spiro atoms. The van der Waals surface area contributed by atoms with E-state index in [9.17, 15) is 32.0 Å². The smallest absolute Gasteiger partial charge is 0.264 e. The van der Waals surface area contributed by atoms with Gasteiger partial charge in [0.1, 0.15) is 5.82 Å². The SMILES string of the molecule is CC(=O)Nc1cc(C(=O)NS(=O)(=O)CCN2C(=O)c3ccccc3C2=O)ccc1F. The Morgan fingerprint density at radius 1 is 1.03 bits per heavy atom. The number of anilines is 1. The summed E-state index contributed by atoms with van der Waals surface area (Å²) >= 11 is 0. The fourth-order valence-corrected chi connectivity index (χ4v) is 3.78. The maximum absolute atomic E-state index is 13.7. The van der Waals surface area contributed by atoms with E-state index in [1.807, 2.05) is 0 Å². The second kappa shape index (κ2) is 8.03. The minimum atomic E-state index is -4.22. The van der Waals surface area contributed by atoms with E-state index in [2.05, 4.69) is 5.32 Å². The molecule has 0 saturated heterocycles. The summed E-state index contributed by atoms with van der Waals surface area (Å²) in [6.45, 7) is 0.700. The van der Waals surface area contributed by atoms with E-state index in [1.165, 1.54) is 12.1 Å². The summed E-state index contributed by atoms with van der Waals surface area (Å²) in [6.07, 6.45) is 0. The van der Waals surface area contributed by atoms with Crippen LogP contribution in [0, 0.1) is 5.82 Å². The first-order chi connectivity index (χ1) is 14.1. The van der Waals surface area contributed by atoms with Gasteiger partial charge >= 0.3 is 0 Å². The number of sulfonamides is 1. The summed E-state index contributed by atoms with van der Waals surface area (Å²) in [4.78, 5) is 48.7. The molecule has 1 heterocycles. The molecule has 0 bridgehead atoms. The number of carbonyl (C=O) groups is 4. The maximum Gasteiger partial charge on any atom is 0.264 e. The van der Waals surface area contributed by atoms with Crippen LogP contribution < -0.4 is 10.0 Å². The van der Waals surface area contributed by atoms with Gasteiger partial charge < -0.3 is 5.32 Å². The number of hydrogen-bond acceptors (Lipinski definition) is 6. The molecule has 2 aromatic carbocycles. The van der Waals surface area contributed by atoms with Crippen LogP contribution in [-0.2, 0) is 14.8 Å². The minimum Gasteiger partial charge on any atom is -0.324 e. The summed E-state index contributed by atoms with van der Waals surface area (Å²) in [6, 6.07) is 9.05. The molecule has 0 unspecified atom stereocenters. The van der Waals surface area contributed by atoms with Gasteiger partial charge in [-0.1, -0.05) is 12.1 Å². The second-order valence-corrected chi connectivity index (χ2v) is 8.28. The molecule has 0 radical (unpaired) electrons. The number of fused-ring (bicyclic) bond motifs is 1. The highest BCUT2D eigenvalue weighted by molar-refractivity contribution is 7.90. The molecule has 0 atom stereocenters. The average molecular weight is 433 g/mol. The van der Waals surface area contributed by atoms with Crippen molar-refractivity contribution in [1.29, 1.82) is 0 Å². The Labute approximate surface area is 170 Å². The molecule has 2 N–H and O–H groups in total. The molecule has 3 rings (SSSR count). The fraction of sp³-hybridized carbons (Fsp3) is 0.158. The summed E-state index contributed by atoms with van der Waals surface area (Å²) < 4.78 is 40.0. The van der Waals surface area contributed by atoms with Crippen molar-refractivity contribution in [3.05, 3.63) is 65.0 Å². The Morgan fingerprint density at radius 3 is 2.20 bits per heavy atom. The van der Waals surface area contributed by atoms with E-state index < -0.39 is 51.8 Å². The molecular formula is C19H16FN3O6S. The van der Waals surface area contributed by atoms with E-state index in [0.29, 0.717) is 0 Å². The van der Waals surface area contributed by atoms with E-state index in [1.54, 1.807) is 16.9 Å². The zero-order valence-corrected chi connectivity index (χ0v) is 16.5. The van der Waals surface area contributed by atoms with Crippen molar-refractivity contribution in [2.75, 3.05) is 17.6 Å². The molecule has 1 aliphatic rings. The summed E-state index contributed by atoms with van der Waals surface area (Å²) in [7, 11) is -4.22. The van der Waals surface area contributed by atoms with Gasteiger partial charge in [0, 0.05) is 19.0 Å². The highest BCUT2D eigenvalue weighted by atomic mass is 32.2. The van der Waals surface area contributed by atoms with Crippen LogP contribution in [0.25, 0.3) is 0 Å². The van der Waals surface area contributed by atoms with Gasteiger partial charge in [-0.3, -0.25) is 24.1 Å². The molecule has 4 amide bonds. The highest BCUT2D eigenvalue weighted by Crippen LogP contribution is 2.22. The Hall–Kier alpha value is -3.60. The number of rotatable bonds is 6. The van der Waals surface area contributed by atoms with Crippen molar-refractivity contribution in [2.45, 2.75) is 6.92 Å². The quantitative estimate of drug-likeness (QED) is 0.657. The number of halogens is 1. The largest absolute Gasteiger partial charge is 0.324 e. The predicted molar refractivity (Wildman–Crippen MR) is 104 cm³/mol. The third kappa shape index (κ3) is 4.35. The van der Waals surface area contributed by atoms with Crippen molar-refractivity contribution in [3.8, 4) is 0 Å². The van der Waals surface area contributed by atoms with Crippen LogP contribution in [0.4, 0.5) is 10.1 Å². The third-order valence-corrected chi connectivity index (χ3v) is 5.47. The molecule has 156 valence electrons. The number of nitrogens with zero attached hydrogens (tertiary/aromatic N) is 1. The number of amides is 4. The average Bonchev–Trinajstić information content (AvgIpc) is 2.92. The van der Waals surface area contributed by atoms with Gasteiger partial charge in [-0.15, -0.1) is 0 Å². The first kappa shape index (κ1) is 21.1. The number of benzene rings is 2. The molecule has 9 nitrogen and oxygen atoms in total. The maximum atomic E-state index is 13.7. The fourth-order valence-electron chi connectivity index (χ4n) is 2.86. The lowest BCUT2D eigenvalue weighted by molar-refractivity contribution is -0.114. The molecular weight excluding hydrogens is 417 g/mol. The first-order valence-electron chi connectivity index (χ1n) is 8.66.